The summed E-state index contributed by atoms with van der Waals surface area (Å²) in [6.07, 6.45) is 3.60. The van der Waals surface area contributed by atoms with Crippen LogP contribution in [-0.4, -0.2) is 36.2 Å². The van der Waals surface area contributed by atoms with Crippen LogP contribution in [0, 0.1) is 13.8 Å². The first-order valence-electron chi connectivity index (χ1n) is 7.97. The largest absolute Gasteiger partial charge is 0.310 e. The number of nitrogens with one attached hydrogen (secondary N) is 1. The molecular formula is C17H18N6OS. The SMILES string of the molecule is Cc1nn(-c2ccccn2)c2c1[C@@H](c1cnn(C)c1C)SCC(=O)N2. The van der Waals surface area contributed by atoms with Crippen LogP contribution >= 0.6 is 11.8 Å². The van der Waals surface area contributed by atoms with Gasteiger partial charge >= 0.3 is 0 Å². The maximum atomic E-state index is 12.3. The molecule has 1 amide bonds. The Morgan fingerprint density at radius 2 is 2.16 bits per heavy atom. The molecule has 0 fully saturated rings. The summed E-state index contributed by atoms with van der Waals surface area (Å²) in [5.41, 5.74) is 4.08. The van der Waals surface area contributed by atoms with Crippen molar-refractivity contribution in [2.24, 2.45) is 7.05 Å². The van der Waals surface area contributed by atoms with Crippen molar-refractivity contribution in [3.05, 3.63) is 53.1 Å². The number of amides is 1. The van der Waals surface area contributed by atoms with Gasteiger partial charge in [0.1, 0.15) is 5.82 Å². The van der Waals surface area contributed by atoms with Crippen LogP contribution in [0.15, 0.2) is 30.6 Å². The Bertz CT molecular complexity index is 946. The Kier molecular flexibility index (Phi) is 3.84. The maximum Gasteiger partial charge on any atom is 0.235 e. The zero-order valence-corrected chi connectivity index (χ0v) is 15.0. The average Bonchev–Trinajstić information content (AvgIpc) is 3.04. The van der Waals surface area contributed by atoms with Crippen molar-refractivity contribution in [1.29, 1.82) is 0 Å². The lowest BCUT2D eigenvalue weighted by molar-refractivity contribution is -0.113. The third kappa shape index (κ3) is 2.62. The van der Waals surface area contributed by atoms with E-state index in [1.807, 2.05) is 50.0 Å². The van der Waals surface area contributed by atoms with Gasteiger partial charge in [0.05, 0.1) is 22.9 Å². The number of hydrogen-bond donors (Lipinski definition) is 1. The monoisotopic (exact) mass is 354 g/mol. The van der Waals surface area contributed by atoms with Crippen LogP contribution in [0.5, 0.6) is 0 Å². The number of nitrogens with zero attached hydrogens (tertiary/aromatic N) is 5. The number of carbonyl (C=O) groups is 1. The van der Waals surface area contributed by atoms with Crippen molar-refractivity contribution in [3.63, 3.8) is 0 Å². The molecule has 1 atom stereocenters. The van der Waals surface area contributed by atoms with Crippen molar-refractivity contribution < 1.29 is 4.79 Å². The fraction of sp³-hybridized carbons (Fsp3) is 0.294. The van der Waals surface area contributed by atoms with Gasteiger partial charge in [-0.3, -0.25) is 9.48 Å². The van der Waals surface area contributed by atoms with Crippen LogP contribution in [0.2, 0.25) is 0 Å². The summed E-state index contributed by atoms with van der Waals surface area (Å²) in [6.45, 7) is 4.01. The Morgan fingerprint density at radius 3 is 2.84 bits per heavy atom. The minimum absolute atomic E-state index is 0.000104. The Morgan fingerprint density at radius 1 is 1.32 bits per heavy atom. The number of carbonyl (C=O) groups excluding carboxylic acids is 1. The van der Waals surface area contributed by atoms with Gasteiger partial charge in [0.25, 0.3) is 0 Å². The van der Waals surface area contributed by atoms with Gasteiger partial charge in [-0.25, -0.2) is 4.98 Å². The van der Waals surface area contributed by atoms with Gasteiger partial charge in [-0.2, -0.15) is 14.9 Å². The topological polar surface area (TPSA) is 77.6 Å². The molecule has 0 saturated heterocycles. The van der Waals surface area contributed by atoms with E-state index in [2.05, 4.69) is 20.5 Å². The van der Waals surface area contributed by atoms with Crippen LogP contribution in [0.3, 0.4) is 0 Å². The zero-order chi connectivity index (χ0) is 17.6. The molecule has 0 aliphatic carbocycles. The summed E-state index contributed by atoms with van der Waals surface area (Å²) in [5.74, 6) is 1.72. The van der Waals surface area contributed by atoms with Crippen LogP contribution in [0.1, 0.15) is 27.8 Å². The molecule has 1 aliphatic rings. The molecule has 0 saturated carbocycles. The maximum absolute atomic E-state index is 12.3. The summed E-state index contributed by atoms with van der Waals surface area (Å²) in [6, 6.07) is 5.64. The van der Waals surface area contributed by atoms with Gasteiger partial charge in [-0.1, -0.05) is 6.07 Å². The third-order valence-electron chi connectivity index (χ3n) is 4.43. The normalized spacial score (nSPS) is 17.1. The van der Waals surface area contributed by atoms with E-state index in [9.17, 15) is 4.79 Å². The molecule has 3 aromatic heterocycles. The van der Waals surface area contributed by atoms with Crippen LogP contribution in [-0.2, 0) is 11.8 Å². The molecule has 0 aromatic carbocycles. The van der Waals surface area contributed by atoms with Gasteiger partial charge in [0.15, 0.2) is 5.82 Å². The summed E-state index contributed by atoms with van der Waals surface area (Å²) < 4.78 is 3.57. The summed E-state index contributed by atoms with van der Waals surface area (Å²) in [7, 11) is 1.93. The molecule has 8 heteroatoms. The van der Waals surface area contributed by atoms with Crippen LogP contribution < -0.4 is 5.32 Å². The fourth-order valence-electron chi connectivity index (χ4n) is 3.05. The second-order valence-corrected chi connectivity index (χ2v) is 7.09. The number of thioether (sulfide) groups is 1. The van der Waals surface area contributed by atoms with Crippen molar-refractivity contribution >= 4 is 23.5 Å². The van der Waals surface area contributed by atoms with E-state index >= 15 is 0 Å². The molecule has 0 spiro atoms. The number of aryl methyl sites for hydroxylation is 2. The highest BCUT2D eigenvalue weighted by atomic mass is 32.2. The molecule has 0 unspecified atom stereocenters. The second kappa shape index (κ2) is 6.03. The van der Waals surface area contributed by atoms with Gasteiger partial charge in [0.2, 0.25) is 5.91 Å². The van der Waals surface area contributed by atoms with Crippen LogP contribution in [0.4, 0.5) is 5.82 Å². The molecule has 4 heterocycles. The van der Waals surface area contributed by atoms with Crippen LogP contribution in [0.25, 0.3) is 5.82 Å². The lowest BCUT2D eigenvalue weighted by Gasteiger charge is -2.14. The number of fused-ring (bicyclic) bond motifs is 1. The van der Waals surface area contributed by atoms with E-state index in [4.69, 9.17) is 0 Å². The van der Waals surface area contributed by atoms with E-state index in [1.54, 1.807) is 22.6 Å². The Hall–Kier alpha value is -2.61. The lowest BCUT2D eigenvalue weighted by Crippen LogP contribution is -2.16. The smallest absolute Gasteiger partial charge is 0.235 e. The molecule has 25 heavy (non-hydrogen) atoms. The molecule has 1 N–H and O–H groups in total. The zero-order valence-electron chi connectivity index (χ0n) is 14.2. The highest BCUT2D eigenvalue weighted by Crippen LogP contribution is 2.44. The summed E-state index contributed by atoms with van der Waals surface area (Å²) >= 11 is 1.60. The molecule has 0 radical (unpaired) electrons. The summed E-state index contributed by atoms with van der Waals surface area (Å²) in [5, 5.41) is 12.0. The number of aromatic nitrogens is 5. The minimum atomic E-state index is -0.0348. The quantitative estimate of drug-likeness (QED) is 0.765. The van der Waals surface area contributed by atoms with Crippen molar-refractivity contribution in [3.8, 4) is 5.82 Å². The van der Waals surface area contributed by atoms with Gasteiger partial charge in [-0.15, -0.1) is 11.8 Å². The number of rotatable bonds is 2. The van der Waals surface area contributed by atoms with Crippen molar-refractivity contribution in [2.45, 2.75) is 19.1 Å². The van der Waals surface area contributed by atoms with Gasteiger partial charge in [0, 0.05) is 30.1 Å². The van der Waals surface area contributed by atoms with E-state index in [0.717, 1.165) is 22.5 Å². The first kappa shape index (κ1) is 15.9. The van der Waals surface area contributed by atoms with E-state index in [1.165, 1.54) is 0 Å². The van der Waals surface area contributed by atoms with E-state index < -0.39 is 0 Å². The van der Waals surface area contributed by atoms with E-state index in [0.29, 0.717) is 17.4 Å². The molecule has 3 aromatic rings. The molecule has 1 aliphatic heterocycles. The Balaban J connectivity index is 1.92. The minimum Gasteiger partial charge on any atom is -0.310 e. The van der Waals surface area contributed by atoms with Crippen molar-refractivity contribution in [2.75, 3.05) is 11.1 Å². The first-order chi connectivity index (χ1) is 12.1. The average molecular weight is 354 g/mol. The highest BCUT2D eigenvalue weighted by Gasteiger charge is 2.32. The van der Waals surface area contributed by atoms with Gasteiger partial charge in [-0.05, 0) is 26.0 Å². The summed E-state index contributed by atoms with van der Waals surface area (Å²) in [4.78, 5) is 16.7. The molecule has 7 nitrogen and oxygen atoms in total. The first-order valence-corrected chi connectivity index (χ1v) is 9.02. The highest BCUT2D eigenvalue weighted by molar-refractivity contribution is 8.00. The van der Waals surface area contributed by atoms with E-state index in [-0.39, 0.29) is 11.2 Å². The fourth-order valence-corrected chi connectivity index (χ4v) is 4.30. The van der Waals surface area contributed by atoms with Gasteiger partial charge < -0.3 is 5.32 Å². The molecule has 0 bridgehead atoms. The molecule has 128 valence electrons. The molecule has 4 rings (SSSR count). The number of hydrogen-bond acceptors (Lipinski definition) is 5. The number of pyridine rings is 1. The predicted octanol–water partition coefficient (Wildman–Crippen LogP) is 2.39. The predicted molar refractivity (Wildman–Crippen MR) is 97.0 cm³/mol. The molecular weight excluding hydrogens is 336 g/mol. The lowest BCUT2D eigenvalue weighted by atomic mass is 10.1. The van der Waals surface area contributed by atoms with Crippen molar-refractivity contribution in [1.82, 2.24) is 24.5 Å². The Labute approximate surface area is 149 Å². The second-order valence-electron chi connectivity index (χ2n) is 6.00. The third-order valence-corrected chi connectivity index (χ3v) is 5.68. The number of anilines is 1. The standard InChI is InChI=1S/C17H18N6OS/c1-10-15-16(12-8-19-22(3)11(12)2)25-9-14(24)20-17(15)23(21-10)13-6-4-5-7-18-13/h4-8,16H,9H2,1-3H3,(H,20,24)/t16-/m1/s1.